The first kappa shape index (κ1) is 24.0. The highest BCUT2D eigenvalue weighted by molar-refractivity contribution is 6.00. The molecule has 2 aromatic rings. The standard InChI is InChI=1S/C28H35N3O3/c1-3-4-5-21-8-10-24(11-9-21)29-27(33)22-14-16-30(17-15-22)28(34)23-18-26(32)31(19-23)25-12-6-20(2)7-13-25/h6-13,22-23H,3-5,14-19H2,1-2H3,(H,29,33). The molecule has 1 atom stereocenters. The van der Waals surface area contributed by atoms with E-state index >= 15 is 0 Å². The number of carbonyl (C=O) groups excluding carboxylic acids is 3. The largest absolute Gasteiger partial charge is 0.342 e. The third kappa shape index (κ3) is 5.66. The molecule has 2 aromatic carbocycles. The lowest BCUT2D eigenvalue weighted by Crippen LogP contribution is -2.44. The highest BCUT2D eigenvalue weighted by atomic mass is 16.2. The molecule has 1 N–H and O–H groups in total. The fourth-order valence-corrected chi connectivity index (χ4v) is 4.85. The maximum absolute atomic E-state index is 13.1. The lowest BCUT2D eigenvalue weighted by atomic mass is 9.94. The van der Waals surface area contributed by atoms with E-state index in [1.54, 1.807) is 4.90 Å². The number of benzene rings is 2. The molecule has 2 heterocycles. The van der Waals surface area contributed by atoms with Gasteiger partial charge in [0.2, 0.25) is 17.7 Å². The van der Waals surface area contributed by atoms with Crippen LogP contribution in [0.2, 0.25) is 0 Å². The first-order valence-corrected chi connectivity index (χ1v) is 12.5. The summed E-state index contributed by atoms with van der Waals surface area (Å²) in [5.41, 5.74) is 4.10. The molecule has 0 spiro atoms. The van der Waals surface area contributed by atoms with E-state index in [2.05, 4.69) is 24.4 Å². The van der Waals surface area contributed by atoms with E-state index in [1.165, 1.54) is 18.4 Å². The number of hydrogen-bond donors (Lipinski definition) is 1. The zero-order valence-electron chi connectivity index (χ0n) is 20.3. The number of rotatable bonds is 7. The van der Waals surface area contributed by atoms with Crippen molar-refractivity contribution in [1.82, 2.24) is 4.90 Å². The second-order valence-electron chi connectivity index (χ2n) is 9.63. The summed E-state index contributed by atoms with van der Waals surface area (Å²) < 4.78 is 0. The summed E-state index contributed by atoms with van der Waals surface area (Å²) >= 11 is 0. The molecule has 180 valence electrons. The van der Waals surface area contributed by atoms with E-state index in [9.17, 15) is 14.4 Å². The van der Waals surface area contributed by atoms with Crippen LogP contribution in [0.4, 0.5) is 11.4 Å². The molecule has 2 aliphatic heterocycles. The fraction of sp³-hybridized carbons (Fsp3) is 0.464. The number of piperidine rings is 1. The molecule has 6 nitrogen and oxygen atoms in total. The second-order valence-corrected chi connectivity index (χ2v) is 9.63. The van der Waals surface area contributed by atoms with Gasteiger partial charge in [-0.25, -0.2) is 0 Å². The van der Waals surface area contributed by atoms with Crippen molar-refractivity contribution < 1.29 is 14.4 Å². The van der Waals surface area contributed by atoms with Gasteiger partial charge in [0.1, 0.15) is 0 Å². The summed E-state index contributed by atoms with van der Waals surface area (Å²) in [5, 5.41) is 3.03. The van der Waals surface area contributed by atoms with Crippen LogP contribution in [-0.2, 0) is 20.8 Å². The predicted octanol–water partition coefficient (Wildman–Crippen LogP) is 4.57. The van der Waals surface area contributed by atoms with E-state index < -0.39 is 0 Å². The van der Waals surface area contributed by atoms with Crippen LogP contribution in [0.5, 0.6) is 0 Å². The van der Waals surface area contributed by atoms with Crippen LogP contribution < -0.4 is 10.2 Å². The maximum atomic E-state index is 13.1. The summed E-state index contributed by atoms with van der Waals surface area (Å²) in [5.74, 6) is -0.361. The Kier molecular flexibility index (Phi) is 7.66. The van der Waals surface area contributed by atoms with Gasteiger partial charge in [-0.05, 0) is 62.4 Å². The minimum Gasteiger partial charge on any atom is -0.342 e. The van der Waals surface area contributed by atoms with Crippen molar-refractivity contribution in [3.05, 3.63) is 59.7 Å². The van der Waals surface area contributed by atoms with Crippen LogP contribution in [0, 0.1) is 18.8 Å². The number of amides is 3. The second kappa shape index (κ2) is 10.9. The van der Waals surface area contributed by atoms with Gasteiger partial charge in [-0.15, -0.1) is 0 Å². The third-order valence-corrected chi connectivity index (χ3v) is 7.04. The summed E-state index contributed by atoms with van der Waals surface area (Å²) in [7, 11) is 0. The minimum absolute atomic E-state index is 0.00261. The van der Waals surface area contributed by atoms with Crippen molar-refractivity contribution in [3.8, 4) is 0 Å². The maximum Gasteiger partial charge on any atom is 0.228 e. The molecular weight excluding hydrogens is 426 g/mol. The van der Waals surface area contributed by atoms with Gasteiger partial charge in [-0.2, -0.15) is 0 Å². The van der Waals surface area contributed by atoms with Crippen LogP contribution >= 0.6 is 0 Å². The number of nitrogens with zero attached hydrogens (tertiary/aromatic N) is 2. The van der Waals surface area contributed by atoms with Crippen LogP contribution in [-0.4, -0.2) is 42.3 Å². The molecule has 3 amide bonds. The molecule has 0 bridgehead atoms. The SMILES string of the molecule is CCCCc1ccc(NC(=O)C2CCN(C(=O)C3CC(=O)N(c4ccc(C)cc4)C3)CC2)cc1. The molecule has 2 aliphatic rings. The van der Waals surface area contributed by atoms with Gasteiger partial charge in [-0.3, -0.25) is 14.4 Å². The Hall–Kier alpha value is -3.15. The smallest absolute Gasteiger partial charge is 0.228 e. The zero-order valence-corrected chi connectivity index (χ0v) is 20.3. The van der Waals surface area contributed by atoms with Gasteiger partial charge in [0.05, 0.1) is 5.92 Å². The molecule has 4 rings (SSSR count). The Morgan fingerprint density at radius 3 is 2.29 bits per heavy atom. The summed E-state index contributed by atoms with van der Waals surface area (Å²) in [6, 6.07) is 15.9. The molecule has 1 unspecified atom stereocenters. The molecule has 6 heteroatoms. The molecule has 0 radical (unpaired) electrons. The van der Waals surface area contributed by atoms with Gasteiger partial charge >= 0.3 is 0 Å². The average molecular weight is 462 g/mol. The zero-order chi connectivity index (χ0) is 24.1. The van der Waals surface area contributed by atoms with E-state index in [4.69, 9.17) is 0 Å². The number of likely N-dealkylation sites (tertiary alicyclic amines) is 1. The Labute approximate surface area is 202 Å². The van der Waals surface area contributed by atoms with Crippen molar-refractivity contribution in [1.29, 1.82) is 0 Å². The van der Waals surface area contributed by atoms with Gasteiger partial charge in [-0.1, -0.05) is 43.2 Å². The molecule has 0 saturated carbocycles. The van der Waals surface area contributed by atoms with Gasteiger partial charge in [0.25, 0.3) is 0 Å². The summed E-state index contributed by atoms with van der Waals surface area (Å²) in [4.78, 5) is 42.0. The Balaban J connectivity index is 1.26. The highest BCUT2D eigenvalue weighted by Gasteiger charge is 2.38. The van der Waals surface area contributed by atoms with E-state index in [0.717, 1.165) is 23.4 Å². The normalized spacial score (nSPS) is 18.9. The number of carbonyl (C=O) groups is 3. The van der Waals surface area contributed by atoms with Crippen molar-refractivity contribution >= 4 is 29.1 Å². The van der Waals surface area contributed by atoms with Gasteiger partial charge in [0, 0.05) is 43.3 Å². The van der Waals surface area contributed by atoms with E-state index in [-0.39, 0.29) is 36.0 Å². The predicted molar refractivity (Wildman–Crippen MR) is 135 cm³/mol. The summed E-state index contributed by atoms with van der Waals surface area (Å²) in [6.45, 7) is 5.73. The fourth-order valence-electron chi connectivity index (χ4n) is 4.85. The first-order valence-electron chi connectivity index (χ1n) is 12.5. The van der Waals surface area contributed by atoms with Crippen molar-refractivity contribution in [2.24, 2.45) is 11.8 Å². The molecule has 2 fully saturated rings. The first-order chi connectivity index (χ1) is 16.4. The molecule has 2 saturated heterocycles. The van der Waals surface area contributed by atoms with Crippen molar-refractivity contribution in [3.63, 3.8) is 0 Å². The number of hydrogen-bond acceptors (Lipinski definition) is 3. The highest BCUT2D eigenvalue weighted by Crippen LogP contribution is 2.28. The molecular formula is C28H35N3O3. The van der Waals surface area contributed by atoms with Crippen LogP contribution in [0.3, 0.4) is 0 Å². The van der Waals surface area contributed by atoms with Gasteiger partial charge in [0.15, 0.2) is 0 Å². The average Bonchev–Trinajstić information content (AvgIpc) is 3.25. The van der Waals surface area contributed by atoms with E-state index in [0.29, 0.717) is 32.5 Å². The van der Waals surface area contributed by atoms with Crippen LogP contribution in [0.25, 0.3) is 0 Å². The quantitative estimate of drug-likeness (QED) is 0.657. The van der Waals surface area contributed by atoms with E-state index in [1.807, 2.05) is 48.2 Å². The Morgan fingerprint density at radius 2 is 1.65 bits per heavy atom. The van der Waals surface area contributed by atoms with Crippen molar-refractivity contribution in [2.75, 3.05) is 29.9 Å². The third-order valence-electron chi connectivity index (χ3n) is 7.04. The lowest BCUT2D eigenvalue weighted by molar-refractivity contribution is -0.138. The van der Waals surface area contributed by atoms with Crippen LogP contribution in [0.15, 0.2) is 48.5 Å². The van der Waals surface area contributed by atoms with Crippen LogP contribution in [0.1, 0.15) is 50.2 Å². The van der Waals surface area contributed by atoms with Crippen molar-refractivity contribution in [2.45, 2.75) is 52.4 Å². The number of nitrogens with one attached hydrogen (secondary N) is 1. The minimum atomic E-state index is -0.314. The molecule has 34 heavy (non-hydrogen) atoms. The number of anilines is 2. The Bertz CT molecular complexity index is 1010. The monoisotopic (exact) mass is 461 g/mol. The number of unbranched alkanes of at least 4 members (excludes halogenated alkanes) is 1. The number of aryl methyl sites for hydroxylation is 2. The lowest BCUT2D eigenvalue weighted by Gasteiger charge is -2.33. The summed E-state index contributed by atoms with van der Waals surface area (Å²) in [6.07, 6.45) is 4.95. The topological polar surface area (TPSA) is 69.7 Å². The van der Waals surface area contributed by atoms with Gasteiger partial charge < -0.3 is 15.1 Å². The molecule has 0 aromatic heterocycles. The Morgan fingerprint density at radius 1 is 0.971 bits per heavy atom. The molecule has 0 aliphatic carbocycles.